The van der Waals surface area contributed by atoms with Crippen molar-refractivity contribution in [2.24, 2.45) is 5.11 Å². The quantitative estimate of drug-likeness (QED) is 0.530. The minimum Gasteiger partial charge on any atom is -0.207 e. The van der Waals surface area contributed by atoms with Gasteiger partial charge < -0.3 is 0 Å². The largest absolute Gasteiger partial charge is 0.241 e. The Morgan fingerprint density at radius 2 is 1.87 bits per heavy atom. The van der Waals surface area contributed by atoms with Crippen LogP contribution in [0.1, 0.15) is 22.7 Å². The molecule has 0 fully saturated rings. The number of nitrogens with one attached hydrogen (secondary N) is 1. The summed E-state index contributed by atoms with van der Waals surface area (Å²) >= 11 is 0. The number of azide groups is 1. The summed E-state index contributed by atoms with van der Waals surface area (Å²) < 4.78 is 27.9. The number of nitrogens with zero attached hydrogens (tertiary/aromatic N) is 3. The lowest BCUT2D eigenvalue weighted by Crippen LogP contribution is -2.33. The summed E-state index contributed by atoms with van der Waals surface area (Å²) in [5.74, 6) is 0. The third kappa shape index (κ3) is 3.07. The smallest absolute Gasteiger partial charge is 0.207 e. The van der Waals surface area contributed by atoms with E-state index in [0.29, 0.717) is 6.42 Å². The number of hydrogen-bond donors (Lipinski definition) is 1. The van der Waals surface area contributed by atoms with Gasteiger partial charge in [-0.25, -0.2) is 13.1 Å². The average molecular weight is 328 g/mol. The van der Waals surface area contributed by atoms with Crippen molar-refractivity contribution >= 4 is 10.0 Å². The van der Waals surface area contributed by atoms with Gasteiger partial charge in [0.15, 0.2) is 0 Å². The van der Waals surface area contributed by atoms with Gasteiger partial charge in [0.25, 0.3) is 0 Å². The molecule has 0 saturated carbocycles. The van der Waals surface area contributed by atoms with Crippen LogP contribution in [0.2, 0.25) is 0 Å². The van der Waals surface area contributed by atoms with Gasteiger partial charge in [-0.1, -0.05) is 47.1 Å². The van der Waals surface area contributed by atoms with Gasteiger partial charge in [-0.15, -0.1) is 0 Å². The number of aryl methyl sites for hydroxylation is 1. The molecule has 0 amide bonds. The van der Waals surface area contributed by atoms with E-state index >= 15 is 0 Å². The fourth-order valence-electron chi connectivity index (χ4n) is 2.84. The van der Waals surface area contributed by atoms with E-state index in [1.54, 1.807) is 24.3 Å². The van der Waals surface area contributed by atoms with Crippen LogP contribution in [-0.4, -0.2) is 14.5 Å². The number of fused-ring (bicyclic) bond motifs is 1. The molecule has 2 aromatic carbocycles. The lowest BCUT2D eigenvalue weighted by atomic mass is 10.1. The Labute approximate surface area is 134 Å². The highest BCUT2D eigenvalue weighted by atomic mass is 32.2. The topological polar surface area (TPSA) is 94.9 Å². The molecule has 118 valence electrons. The molecule has 0 bridgehead atoms. The van der Waals surface area contributed by atoms with Gasteiger partial charge in [-0.05, 0) is 42.1 Å². The fraction of sp³-hybridized carbons (Fsp3) is 0.250. The first-order chi connectivity index (χ1) is 11.0. The van der Waals surface area contributed by atoms with Gasteiger partial charge in [-0.2, -0.15) is 0 Å². The van der Waals surface area contributed by atoms with Crippen LogP contribution in [0, 0.1) is 6.92 Å². The van der Waals surface area contributed by atoms with Crippen molar-refractivity contribution in [3.63, 3.8) is 0 Å². The normalized spacial score (nSPS) is 19.9. The van der Waals surface area contributed by atoms with Gasteiger partial charge in [-0.3, -0.25) is 0 Å². The highest BCUT2D eigenvalue weighted by Gasteiger charge is 2.34. The number of sulfonamides is 1. The predicted molar refractivity (Wildman–Crippen MR) is 87.3 cm³/mol. The molecule has 2 atom stereocenters. The van der Waals surface area contributed by atoms with E-state index in [0.717, 1.165) is 16.7 Å². The fourth-order valence-corrected chi connectivity index (χ4v) is 4.09. The van der Waals surface area contributed by atoms with Crippen LogP contribution in [0.5, 0.6) is 0 Å². The Bertz CT molecular complexity index is 871. The summed E-state index contributed by atoms with van der Waals surface area (Å²) in [4.78, 5) is 3.06. The third-order valence-corrected chi connectivity index (χ3v) is 5.47. The summed E-state index contributed by atoms with van der Waals surface area (Å²) in [6, 6.07) is 13.2. The lowest BCUT2D eigenvalue weighted by Gasteiger charge is -2.18. The van der Waals surface area contributed by atoms with Crippen LogP contribution in [0.3, 0.4) is 0 Å². The van der Waals surface area contributed by atoms with E-state index in [9.17, 15) is 8.42 Å². The van der Waals surface area contributed by atoms with Gasteiger partial charge >= 0.3 is 0 Å². The lowest BCUT2D eigenvalue weighted by molar-refractivity contribution is 0.516. The van der Waals surface area contributed by atoms with Crippen LogP contribution in [0.15, 0.2) is 58.5 Å². The molecule has 0 radical (unpaired) electrons. The molecule has 0 spiro atoms. The molecule has 0 saturated heterocycles. The van der Waals surface area contributed by atoms with E-state index in [4.69, 9.17) is 5.53 Å². The molecule has 7 heteroatoms. The highest BCUT2D eigenvalue weighted by Crippen LogP contribution is 2.34. The molecule has 1 aliphatic carbocycles. The SMILES string of the molecule is Cc1ccc(S(=O)(=O)NC2c3ccccc3CC2N=[N+]=[N-])cc1. The molecule has 3 rings (SSSR count). The maximum Gasteiger partial charge on any atom is 0.241 e. The first-order valence-electron chi connectivity index (χ1n) is 7.22. The molecule has 2 aromatic rings. The Morgan fingerprint density at radius 1 is 1.17 bits per heavy atom. The van der Waals surface area contributed by atoms with Gasteiger partial charge in [0, 0.05) is 4.91 Å². The molecule has 0 aliphatic heterocycles. The zero-order chi connectivity index (χ0) is 16.4. The van der Waals surface area contributed by atoms with Crippen molar-refractivity contribution in [3.8, 4) is 0 Å². The molecule has 1 aliphatic rings. The zero-order valence-corrected chi connectivity index (χ0v) is 13.4. The Kier molecular flexibility index (Phi) is 4.09. The summed E-state index contributed by atoms with van der Waals surface area (Å²) in [6.07, 6.45) is 0.529. The van der Waals surface area contributed by atoms with Gasteiger partial charge in [0.05, 0.1) is 17.0 Å². The molecular formula is C16H16N4O2S. The van der Waals surface area contributed by atoms with Crippen molar-refractivity contribution in [3.05, 3.63) is 75.7 Å². The van der Waals surface area contributed by atoms with Crippen molar-refractivity contribution < 1.29 is 8.42 Å². The van der Waals surface area contributed by atoms with Crippen LogP contribution in [0.25, 0.3) is 10.4 Å². The molecular weight excluding hydrogens is 312 g/mol. The van der Waals surface area contributed by atoms with Gasteiger partial charge in [0.2, 0.25) is 10.0 Å². The van der Waals surface area contributed by atoms with Crippen LogP contribution < -0.4 is 4.72 Å². The van der Waals surface area contributed by atoms with E-state index < -0.39 is 22.1 Å². The van der Waals surface area contributed by atoms with Gasteiger partial charge in [0.1, 0.15) is 0 Å². The van der Waals surface area contributed by atoms with E-state index in [-0.39, 0.29) is 4.90 Å². The maximum absolute atomic E-state index is 12.6. The van der Waals surface area contributed by atoms with Crippen LogP contribution in [0.4, 0.5) is 0 Å². The molecule has 6 nitrogen and oxygen atoms in total. The Balaban J connectivity index is 1.96. The minimum absolute atomic E-state index is 0.201. The maximum atomic E-state index is 12.6. The molecule has 2 unspecified atom stereocenters. The molecule has 1 N–H and O–H groups in total. The summed E-state index contributed by atoms with van der Waals surface area (Å²) in [5.41, 5.74) is 11.6. The molecule has 0 aromatic heterocycles. The van der Waals surface area contributed by atoms with E-state index in [1.165, 1.54) is 0 Å². The molecule has 0 heterocycles. The number of benzene rings is 2. The van der Waals surface area contributed by atoms with E-state index in [2.05, 4.69) is 14.7 Å². The third-order valence-electron chi connectivity index (χ3n) is 4.02. The summed E-state index contributed by atoms with van der Waals surface area (Å²) in [7, 11) is -3.69. The highest BCUT2D eigenvalue weighted by molar-refractivity contribution is 7.89. The predicted octanol–water partition coefficient (Wildman–Crippen LogP) is 3.25. The average Bonchev–Trinajstić information content (AvgIpc) is 2.86. The molecule has 23 heavy (non-hydrogen) atoms. The first kappa shape index (κ1) is 15.6. The van der Waals surface area contributed by atoms with Crippen molar-refractivity contribution in [1.82, 2.24) is 4.72 Å². The Morgan fingerprint density at radius 3 is 2.57 bits per heavy atom. The summed E-state index contributed by atoms with van der Waals surface area (Å²) in [5, 5.41) is 3.77. The minimum atomic E-state index is -3.69. The summed E-state index contributed by atoms with van der Waals surface area (Å²) in [6.45, 7) is 1.90. The van der Waals surface area contributed by atoms with E-state index in [1.807, 2.05) is 31.2 Å². The van der Waals surface area contributed by atoms with Crippen molar-refractivity contribution in [1.29, 1.82) is 0 Å². The van der Waals surface area contributed by atoms with Crippen LogP contribution in [-0.2, 0) is 16.4 Å². The van der Waals surface area contributed by atoms with Crippen LogP contribution >= 0.6 is 0 Å². The standard InChI is InChI=1S/C16H16N4O2S/c1-11-6-8-13(9-7-11)23(21,22)19-16-14-5-3-2-4-12(14)10-15(16)18-20-17/h2-9,15-16,19H,10H2,1H3. The second-order valence-electron chi connectivity index (χ2n) is 5.59. The monoisotopic (exact) mass is 328 g/mol. The zero-order valence-electron chi connectivity index (χ0n) is 12.5. The number of hydrogen-bond acceptors (Lipinski definition) is 3. The number of rotatable bonds is 4. The van der Waals surface area contributed by atoms with Crippen molar-refractivity contribution in [2.75, 3.05) is 0 Å². The second-order valence-corrected chi connectivity index (χ2v) is 7.30. The second kappa shape index (κ2) is 6.04. The van der Waals surface area contributed by atoms with Crippen molar-refractivity contribution in [2.45, 2.75) is 30.3 Å². The first-order valence-corrected chi connectivity index (χ1v) is 8.70. The Hall–Kier alpha value is -2.34.